The Kier molecular flexibility index (Phi) is 3.73. The van der Waals surface area contributed by atoms with Crippen LogP contribution in [0.2, 0.25) is 0 Å². The van der Waals surface area contributed by atoms with Gasteiger partial charge in [-0.3, -0.25) is 0 Å². The molecule has 1 aliphatic rings. The lowest BCUT2D eigenvalue weighted by molar-refractivity contribution is 0.0918. The number of aliphatic hydroxyl groups is 1. The van der Waals surface area contributed by atoms with Crippen molar-refractivity contribution in [3.63, 3.8) is 0 Å². The Morgan fingerprint density at radius 2 is 1.94 bits per heavy atom. The highest BCUT2D eigenvalue weighted by Crippen LogP contribution is 2.26. The number of benzene rings is 1. The summed E-state index contributed by atoms with van der Waals surface area (Å²) in [7, 11) is -3.20. The molecule has 1 aromatic carbocycles. The summed E-state index contributed by atoms with van der Waals surface area (Å²) in [5.74, 6) is 0.549. The third-order valence-corrected chi connectivity index (χ3v) is 3.98. The van der Waals surface area contributed by atoms with E-state index >= 15 is 0 Å². The zero-order chi connectivity index (χ0) is 13.2. The number of hydrogen-bond donors (Lipinski definition) is 1. The summed E-state index contributed by atoms with van der Waals surface area (Å²) in [6.45, 7) is 0.615. The molecule has 1 atom stereocenters. The summed E-state index contributed by atoms with van der Waals surface area (Å²) < 4.78 is 28.0. The maximum Gasteiger partial charge on any atom is 0.175 e. The average Bonchev–Trinajstić information content (AvgIpc) is 2.38. The van der Waals surface area contributed by atoms with E-state index in [1.165, 1.54) is 12.1 Å². The number of ether oxygens (including phenoxy) is 1. The first kappa shape index (κ1) is 13.1. The lowest BCUT2D eigenvalue weighted by Crippen LogP contribution is -2.10. The molecule has 1 heterocycles. The fourth-order valence-electron chi connectivity index (χ4n) is 1.83. The summed E-state index contributed by atoms with van der Waals surface area (Å²) in [5, 5.41) is 10.1. The minimum absolute atomic E-state index is 0.247. The molecule has 1 unspecified atom stereocenters. The van der Waals surface area contributed by atoms with E-state index in [0.717, 1.165) is 19.1 Å². The molecule has 0 amide bonds. The summed E-state index contributed by atoms with van der Waals surface area (Å²) >= 11 is 0. The van der Waals surface area contributed by atoms with E-state index in [1.807, 2.05) is 6.08 Å². The van der Waals surface area contributed by atoms with E-state index in [4.69, 9.17) is 4.74 Å². The molecule has 0 saturated carbocycles. The van der Waals surface area contributed by atoms with E-state index in [0.29, 0.717) is 17.9 Å². The van der Waals surface area contributed by atoms with Gasteiger partial charge in [0.1, 0.15) is 11.9 Å². The third kappa shape index (κ3) is 2.91. The van der Waals surface area contributed by atoms with E-state index in [2.05, 4.69) is 0 Å². The Morgan fingerprint density at radius 1 is 1.28 bits per heavy atom. The van der Waals surface area contributed by atoms with Crippen molar-refractivity contribution in [1.29, 1.82) is 0 Å². The fourth-order valence-corrected chi connectivity index (χ4v) is 2.46. The molecule has 98 valence electrons. The second-order valence-electron chi connectivity index (χ2n) is 4.34. The molecule has 1 aromatic rings. The van der Waals surface area contributed by atoms with Crippen molar-refractivity contribution in [2.45, 2.75) is 23.8 Å². The second kappa shape index (κ2) is 5.12. The van der Waals surface area contributed by atoms with E-state index in [9.17, 15) is 13.5 Å². The summed E-state index contributed by atoms with van der Waals surface area (Å²) in [6.07, 6.45) is 4.07. The highest BCUT2D eigenvalue weighted by Gasteiger charge is 2.17. The zero-order valence-electron chi connectivity index (χ0n) is 10.2. The smallest absolute Gasteiger partial charge is 0.175 e. The average molecular weight is 268 g/mol. The van der Waals surface area contributed by atoms with Crippen molar-refractivity contribution in [3.05, 3.63) is 41.7 Å². The topological polar surface area (TPSA) is 63.6 Å². The van der Waals surface area contributed by atoms with Crippen LogP contribution in [0.3, 0.4) is 0 Å². The summed E-state index contributed by atoms with van der Waals surface area (Å²) in [5.41, 5.74) is 0.635. The molecular weight excluding hydrogens is 252 g/mol. The van der Waals surface area contributed by atoms with Crippen molar-refractivity contribution >= 4 is 9.84 Å². The van der Waals surface area contributed by atoms with Gasteiger partial charge in [-0.1, -0.05) is 12.1 Å². The van der Waals surface area contributed by atoms with Gasteiger partial charge in [-0.2, -0.15) is 0 Å². The molecule has 0 spiro atoms. The zero-order valence-corrected chi connectivity index (χ0v) is 11.0. The van der Waals surface area contributed by atoms with Gasteiger partial charge in [-0.15, -0.1) is 0 Å². The van der Waals surface area contributed by atoms with Crippen molar-refractivity contribution in [2.24, 2.45) is 0 Å². The van der Waals surface area contributed by atoms with Crippen LogP contribution in [0.4, 0.5) is 0 Å². The first-order chi connectivity index (χ1) is 8.48. The SMILES string of the molecule is CS(=O)(=O)c1ccc(C(O)C2=CCCCO2)cc1. The van der Waals surface area contributed by atoms with Gasteiger partial charge in [0.15, 0.2) is 9.84 Å². The molecular formula is C13H16O4S. The Balaban J connectivity index is 2.21. The van der Waals surface area contributed by atoms with Gasteiger partial charge < -0.3 is 9.84 Å². The maximum atomic E-state index is 11.3. The molecule has 0 bridgehead atoms. The highest BCUT2D eigenvalue weighted by molar-refractivity contribution is 7.90. The predicted octanol–water partition coefficient (Wildman–Crippen LogP) is 1.82. The molecule has 0 fully saturated rings. The van der Waals surface area contributed by atoms with Crippen molar-refractivity contribution < 1.29 is 18.3 Å². The molecule has 0 radical (unpaired) electrons. The van der Waals surface area contributed by atoms with Crippen LogP contribution in [0, 0.1) is 0 Å². The van der Waals surface area contributed by atoms with Crippen molar-refractivity contribution in [2.75, 3.05) is 12.9 Å². The molecule has 1 aliphatic heterocycles. The van der Waals surface area contributed by atoms with Gasteiger partial charge in [0.05, 0.1) is 11.5 Å². The van der Waals surface area contributed by atoms with Gasteiger partial charge in [-0.05, 0) is 36.6 Å². The number of allylic oxidation sites excluding steroid dienone is 1. The molecule has 2 rings (SSSR count). The van der Waals surface area contributed by atoms with Crippen LogP contribution in [-0.2, 0) is 14.6 Å². The first-order valence-corrected chi connectivity index (χ1v) is 7.68. The van der Waals surface area contributed by atoms with E-state index < -0.39 is 15.9 Å². The molecule has 4 nitrogen and oxygen atoms in total. The molecule has 18 heavy (non-hydrogen) atoms. The quantitative estimate of drug-likeness (QED) is 0.908. The van der Waals surface area contributed by atoms with Crippen LogP contribution >= 0.6 is 0 Å². The standard InChI is InChI=1S/C13H16O4S/c1-18(15,16)11-7-5-10(6-8-11)13(14)12-4-2-3-9-17-12/h4-8,13-14H,2-3,9H2,1H3. The minimum atomic E-state index is -3.20. The van der Waals surface area contributed by atoms with Gasteiger partial charge in [0.25, 0.3) is 0 Å². The summed E-state index contributed by atoms with van der Waals surface area (Å²) in [4.78, 5) is 0.247. The van der Waals surface area contributed by atoms with Crippen LogP contribution < -0.4 is 0 Å². The van der Waals surface area contributed by atoms with Gasteiger partial charge in [0, 0.05) is 6.26 Å². The fraction of sp³-hybridized carbons (Fsp3) is 0.385. The molecule has 0 aromatic heterocycles. The van der Waals surface area contributed by atoms with Crippen molar-refractivity contribution in [3.8, 4) is 0 Å². The van der Waals surface area contributed by atoms with Crippen molar-refractivity contribution in [1.82, 2.24) is 0 Å². The van der Waals surface area contributed by atoms with E-state index in [1.54, 1.807) is 12.1 Å². The Labute approximate surface area is 107 Å². The number of rotatable bonds is 3. The Bertz CT molecular complexity index is 543. The third-order valence-electron chi connectivity index (χ3n) is 2.86. The van der Waals surface area contributed by atoms with Crippen LogP contribution in [-0.4, -0.2) is 26.4 Å². The Morgan fingerprint density at radius 3 is 2.44 bits per heavy atom. The van der Waals surface area contributed by atoms with Crippen LogP contribution in [0.1, 0.15) is 24.5 Å². The lowest BCUT2D eigenvalue weighted by atomic mass is 10.1. The monoisotopic (exact) mass is 268 g/mol. The number of hydrogen-bond acceptors (Lipinski definition) is 4. The summed E-state index contributed by atoms with van der Waals surface area (Å²) in [6, 6.07) is 6.22. The van der Waals surface area contributed by atoms with Crippen LogP contribution in [0.25, 0.3) is 0 Å². The molecule has 0 aliphatic carbocycles. The molecule has 0 saturated heterocycles. The maximum absolute atomic E-state index is 11.3. The number of aliphatic hydroxyl groups excluding tert-OH is 1. The number of sulfone groups is 1. The molecule has 5 heteroatoms. The minimum Gasteiger partial charge on any atom is -0.495 e. The van der Waals surface area contributed by atoms with Gasteiger partial charge >= 0.3 is 0 Å². The Hall–Kier alpha value is -1.33. The molecule has 1 N–H and O–H groups in total. The lowest BCUT2D eigenvalue weighted by Gasteiger charge is -2.20. The van der Waals surface area contributed by atoms with Crippen LogP contribution in [0.5, 0.6) is 0 Å². The normalized spacial score (nSPS) is 17.8. The van der Waals surface area contributed by atoms with Gasteiger partial charge in [0.2, 0.25) is 0 Å². The van der Waals surface area contributed by atoms with E-state index in [-0.39, 0.29) is 4.90 Å². The second-order valence-corrected chi connectivity index (χ2v) is 6.36. The van der Waals surface area contributed by atoms with Crippen LogP contribution in [0.15, 0.2) is 41.0 Å². The predicted molar refractivity (Wildman–Crippen MR) is 67.8 cm³/mol. The first-order valence-electron chi connectivity index (χ1n) is 5.79. The van der Waals surface area contributed by atoms with Gasteiger partial charge in [-0.25, -0.2) is 8.42 Å². The highest BCUT2D eigenvalue weighted by atomic mass is 32.2. The largest absolute Gasteiger partial charge is 0.495 e.